The Kier molecular flexibility index (Phi) is 4.12. The largest absolute Gasteiger partial charge is 0.497 e. The van der Waals surface area contributed by atoms with Crippen LogP contribution in [0.2, 0.25) is 0 Å². The molecule has 0 aromatic heterocycles. The average molecular weight is 290 g/mol. The second kappa shape index (κ2) is 6.03. The van der Waals surface area contributed by atoms with Gasteiger partial charge in [-0.3, -0.25) is 4.79 Å². The Morgan fingerprint density at radius 2 is 2.19 bits per heavy atom. The highest BCUT2D eigenvalue weighted by Crippen LogP contribution is 2.30. The maximum atomic E-state index is 12.3. The Hall–Kier alpha value is -1.59. The molecule has 1 aromatic rings. The van der Waals surface area contributed by atoms with Gasteiger partial charge in [-0.2, -0.15) is 0 Å². The van der Waals surface area contributed by atoms with Crippen LogP contribution in [0.25, 0.3) is 0 Å². The first kappa shape index (κ1) is 14.4. The monoisotopic (exact) mass is 290 g/mol. The van der Waals surface area contributed by atoms with Gasteiger partial charge in [0.05, 0.1) is 19.3 Å². The van der Waals surface area contributed by atoms with Gasteiger partial charge in [0.15, 0.2) is 0 Å². The summed E-state index contributed by atoms with van der Waals surface area (Å²) in [6, 6.07) is 7.91. The van der Waals surface area contributed by atoms with Crippen molar-refractivity contribution in [1.82, 2.24) is 10.2 Å². The van der Waals surface area contributed by atoms with Gasteiger partial charge in [-0.1, -0.05) is 12.1 Å². The minimum Gasteiger partial charge on any atom is -0.497 e. The lowest BCUT2D eigenvalue weighted by atomic mass is 9.87. The molecule has 0 bridgehead atoms. The van der Waals surface area contributed by atoms with E-state index in [0.717, 1.165) is 37.2 Å². The Morgan fingerprint density at radius 1 is 1.38 bits per heavy atom. The third-order valence-corrected chi connectivity index (χ3v) is 4.42. The van der Waals surface area contributed by atoms with E-state index >= 15 is 0 Å². The van der Waals surface area contributed by atoms with E-state index in [-0.39, 0.29) is 18.1 Å². The van der Waals surface area contributed by atoms with E-state index in [9.17, 15) is 4.79 Å². The average Bonchev–Trinajstić information content (AvgIpc) is 2.53. The van der Waals surface area contributed by atoms with E-state index in [2.05, 4.69) is 5.32 Å². The number of rotatable bonds is 3. The van der Waals surface area contributed by atoms with Crippen molar-refractivity contribution in [2.45, 2.75) is 24.9 Å². The summed E-state index contributed by atoms with van der Waals surface area (Å²) in [6.07, 6.45) is 2.08. The number of hydrogen-bond donors (Lipinski definition) is 1. The number of methoxy groups -OCH3 is 1. The Balaban J connectivity index is 1.80. The van der Waals surface area contributed by atoms with E-state index in [1.807, 2.05) is 29.2 Å². The molecule has 114 valence electrons. The zero-order valence-electron chi connectivity index (χ0n) is 12.4. The molecule has 5 heteroatoms. The van der Waals surface area contributed by atoms with Crippen molar-refractivity contribution in [1.29, 1.82) is 0 Å². The van der Waals surface area contributed by atoms with Crippen LogP contribution >= 0.6 is 0 Å². The quantitative estimate of drug-likeness (QED) is 0.908. The predicted molar refractivity (Wildman–Crippen MR) is 79.2 cm³/mol. The fraction of sp³-hybridized carbons (Fsp3) is 0.562. The summed E-state index contributed by atoms with van der Waals surface area (Å²) < 4.78 is 10.7. The van der Waals surface area contributed by atoms with Gasteiger partial charge in [0.1, 0.15) is 12.4 Å². The van der Waals surface area contributed by atoms with Crippen LogP contribution in [0.15, 0.2) is 24.3 Å². The third kappa shape index (κ3) is 2.89. The topological polar surface area (TPSA) is 50.8 Å². The number of carbonyl (C=O) groups excluding carboxylic acids is 1. The fourth-order valence-electron chi connectivity index (χ4n) is 3.22. The first-order valence-electron chi connectivity index (χ1n) is 7.45. The maximum absolute atomic E-state index is 12.3. The molecule has 2 saturated heterocycles. The van der Waals surface area contributed by atoms with Crippen molar-refractivity contribution in [3.63, 3.8) is 0 Å². The van der Waals surface area contributed by atoms with Gasteiger partial charge in [-0.15, -0.1) is 0 Å². The molecule has 1 spiro atoms. The molecule has 1 amide bonds. The number of carbonyl (C=O) groups is 1. The van der Waals surface area contributed by atoms with Crippen LogP contribution in [0.5, 0.6) is 5.75 Å². The molecule has 1 N–H and O–H groups in total. The molecule has 3 rings (SSSR count). The zero-order valence-corrected chi connectivity index (χ0v) is 12.4. The van der Waals surface area contributed by atoms with E-state index in [0.29, 0.717) is 13.2 Å². The van der Waals surface area contributed by atoms with Crippen LogP contribution in [0.4, 0.5) is 0 Å². The standard InChI is InChI=1S/C16H22N2O3/c1-20-14-5-3-13(4-6-14)9-18-15(19)10-21-12-16(18)7-2-8-17-11-16/h3-6,17H,2,7-12H2,1H3. The summed E-state index contributed by atoms with van der Waals surface area (Å²) >= 11 is 0. The van der Waals surface area contributed by atoms with Crippen molar-refractivity contribution < 1.29 is 14.3 Å². The minimum atomic E-state index is -0.187. The summed E-state index contributed by atoms with van der Waals surface area (Å²) in [5.74, 6) is 0.918. The van der Waals surface area contributed by atoms with Crippen LogP contribution in [-0.2, 0) is 16.1 Å². The number of ether oxygens (including phenoxy) is 2. The summed E-state index contributed by atoms with van der Waals surface area (Å²) in [6.45, 7) is 3.29. The molecular formula is C16H22N2O3. The van der Waals surface area contributed by atoms with Gasteiger partial charge in [-0.05, 0) is 37.1 Å². The summed E-state index contributed by atoms with van der Waals surface area (Å²) in [5, 5.41) is 3.41. The highest BCUT2D eigenvalue weighted by Gasteiger charge is 2.43. The Morgan fingerprint density at radius 3 is 2.86 bits per heavy atom. The molecule has 21 heavy (non-hydrogen) atoms. The zero-order chi connectivity index (χ0) is 14.7. The molecule has 2 aliphatic rings. The second-order valence-electron chi connectivity index (χ2n) is 5.83. The molecule has 2 aliphatic heterocycles. The molecule has 1 unspecified atom stereocenters. The molecule has 1 aromatic carbocycles. The van der Waals surface area contributed by atoms with E-state index in [1.165, 1.54) is 0 Å². The maximum Gasteiger partial charge on any atom is 0.249 e. The molecule has 2 heterocycles. The summed E-state index contributed by atoms with van der Waals surface area (Å²) in [5.41, 5.74) is 0.934. The summed E-state index contributed by atoms with van der Waals surface area (Å²) in [7, 11) is 1.66. The van der Waals surface area contributed by atoms with Gasteiger partial charge in [0.2, 0.25) is 5.91 Å². The first-order chi connectivity index (χ1) is 10.2. The van der Waals surface area contributed by atoms with E-state index in [4.69, 9.17) is 9.47 Å². The highest BCUT2D eigenvalue weighted by molar-refractivity contribution is 5.79. The van der Waals surface area contributed by atoms with Gasteiger partial charge in [0.25, 0.3) is 0 Å². The van der Waals surface area contributed by atoms with Crippen molar-refractivity contribution in [2.75, 3.05) is 33.4 Å². The van der Waals surface area contributed by atoms with E-state index < -0.39 is 0 Å². The lowest BCUT2D eigenvalue weighted by Crippen LogP contribution is -2.65. The minimum absolute atomic E-state index is 0.0840. The molecule has 0 aliphatic carbocycles. The Labute approximate surface area is 125 Å². The molecule has 2 fully saturated rings. The third-order valence-electron chi connectivity index (χ3n) is 4.42. The Bertz CT molecular complexity index is 489. The fourth-order valence-corrected chi connectivity index (χ4v) is 3.22. The predicted octanol–water partition coefficient (Wildman–Crippen LogP) is 1.18. The van der Waals surface area contributed by atoms with Gasteiger partial charge in [-0.25, -0.2) is 0 Å². The van der Waals surface area contributed by atoms with Gasteiger partial charge < -0.3 is 19.7 Å². The van der Waals surface area contributed by atoms with Crippen LogP contribution < -0.4 is 10.1 Å². The SMILES string of the molecule is COc1ccc(CN2C(=O)COCC23CCCNC3)cc1. The number of piperidine rings is 1. The normalized spacial score (nSPS) is 26.1. The van der Waals surface area contributed by atoms with Gasteiger partial charge in [0, 0.05) is 13.1 Å². The number of hydrogen-bond acceptors (Lipinski definition) is 4. The van der Waals surface area contributed by atoms with Gasteiger partial charge >= 0.3 is 0 Å². The van der Waals surface area contributed by atoms with Crippen LogP contribution in [-0.4, -0.2) is 49.8 Å². The molecule has 0 radical (unpaired) electrons. The molecule has 1 atom stereocenters. The number of benzene rings is 1. The molecule has 5 nitrogen and oxygen atoms in total. The van der Waals surface area contributed by atoms with Crippen molar-refractivity contribution >= 4 is 5.91 Å². The first-order valence-corrected chi connectivity index (χ1v) is 7.45. The van der Waals surface area contributed by atoms with Crippen LogP contribution in [0, 0.1) is 0 Å². The number of amides is 1. The highest BCUT2D eigenvalue weighted by atomic mass is 16.5. The van der Waals surface area contributed by atoms with Crippen molar-refractivity contribution in [3.05, 3.63) is 29.8 Å². The number of morpholine rings is 1. The van der Waals surface area contributed by atoms with Crippen molar-refractivity contribution in [3.8, 4) is 5.75 Å². The van der Waals surface area contributed by atoms with Crippen molar-refractivity contribution in [2.24, 2.45) is 0 Å². The lowest BCUT2D eigenvalue weighted by molar-refractivity contribution is -0.161. The second-order valence-corrected chi connectivity index (χ2v) is 5.83. The number of nitrogens with zero attached hydrogens (tertiary/aromatic N) is 1. The lowest BCUT2D eigenvalue weighted by Gasteiger charge is -2.49. The summed E-state index contributed by atoms with van der Waals surface area (Å²) in [4.78, 5) is 14.3. The van der Waals surface area contributed by atoms with Crippen LogP contribution in [0.1, 0.15) is 18.4 Å². The number of nitrogens with one attached hydrogen (secondary N) is 1. The van der Waals surface area contributed by atoms with E-state index in [1.54, 1.807) is 7.11 Å². The molecule has 0 saturated carbocycles. The van der Waals surface area contributed by atoms with Crippen LogP contribution in [0.3, 0.4) is 0 Å². The smallest absolute Gasteiger partial charge is 0.249 e. The molecular weight excluding hydrogens is 268 g/mol.